The third-order valence-electron chi connectivity index (χ3n) is 8.29. The average Bonchev–Trinajstić information content (AvgIpc) is 3.15. The zero-order valence-electron chi connectivity index (χ0n) is 18.1. The van der Waals surface area contributed by atoms with Crippen LogP contribution in [0.3, 0.4) is 0 Å². The smallest absolute Gasteiger partial charge is 0.132 e. The van der Waals surface area contributed by atoms with Crippen molar-refractivity contribution < 1.29 is 9.47 Å². The molecule has 4 heterocycles. The number of nitrogens with zero attached hydrogens (tertiary/aromatic N) is 3. The summed E-state index contributed by atoms with van der Waals surface area (Å²) in [6.07, 6.45) is 12.6. The van der Waals surface area contributed by atoms with E-state index in [0.29, 0.717) is 18.1 Å². The minimum absolute atomic E-state index is 0.145. The third-order valence-corrected chi connectivity index (χ3v) is 8.29. The van der Waals surface area contributed by atoms with Crippen LogP contribution in [0.2, 0.25) is 0 Å². The van der Waals surface area contributed by atoms with Gasteiger partial charge in [-0.25, -0.2) is 15.4 Å². The predicted molar refractivity (Wildman–Crippen MR) is 114 cm³/mol. The van der Waals surface area contributed by atoms with E-state index in [1.165, 1.54) is 32.1 Å². The predicted octanol–water partition coefficient (Wildman–Crippen LogP) is 2.88. The van der Waals surface area contributed by atoms with E-state index in [4.69, 9.17) is 9.47 Å². The fourth-order valence-electron chi connectivity index (χ4n) is 6.11. The van der Waals surface area contributed by atoms with E-state index in [2.05, 4.69) is 38.7 Å². The lowest BCUT2D eigenvalue weighted by atomic mass is 9.79. The standard InChI is InChI=1S/C23H35N5O2/c1-22(6-7-22)30-16-3-4-18-17(13-16)21(27-26-18)19-14-20(25-15-24-19)28-10-8-23(9-11-28)5-2-12-29-23/h14-18,21,26-27H,2-13H2,1H3. The second kappa shape index (κ2) is 7.40. The second-order valence-corrected chi connectivity index (χ2v) is 10.5. The summed E-state index contributed by atoms with van der Waals surface area (Å²) >= 11 is 0. The van der Waals surface area contributed by atoms with E-state index >= 15 is 0 Å². The Hall–Kier alpha value is -1.28. The van der Waals surface area contributed by atoms with Crippen molar-refractivity contribution in [2.75, 3.05) is 24.6 Å². The van der Waals surface area contributed by atoms with Crippen molar-refractivity contribution >= 4 is 5.82 Å². The lowest BCUT2D eigenvalue weighted by Gasteiger charge is -2.39. The largest absolute Gasteiger partial charge is 0.375 e. The van der Waals surface area contributed by atoms with Gasteiger partial charge in [-0.3, -0.25) is 5.43 Å². The summed E-state index contributed by atoms with van der Waals surface area (Å²) in [5.74, 6) is 1.58. The first kappa shape index (κ1) is 19.4. The van der Waals surface area contributed by atoms with Crippen LogP contribution < -0.4 is 15.8 Å². The molecule has 7 heteroatoms. The van der Waals surface area contributed by atoms with Gasteiger partial charge in [0.15, 0.2) is 0 Å². The van der Waals surface area contributed by atoms with Gasteiger partial charge in [-0.1, -0.05) is 0 Å². The quantitative estimate of drug-likeness (QED) is 0.786. The monoisotopic (exact) mass is 413 g/mol. The Morgan fingerprint density at radius 1 is 1.10 bits per heavy atom. The zero-order chi connectivity index (χ0) is 20.2. The molecule has 5 fully saturated rings. The van der Waals surface area contributed by atoms with Crippen LogP contribution >= 0.6 is 0 Å². The molecule has 0 amide bonds. The minimum Gasteiger partial charge on any atom is -0.375 e. The van der Waals surface area contributed by atoms with Crippen LogP contribution in [0.15, 0.2) is 12.4 Å². The van der Waals surface area contributed by atoms with Gasteiger partial charge in [-0.2, -0.15) is 0 Å². The molecule has 1 aromatic heterocycles. The van der Waals surface area contributed by atoms with Gasteiger partial charge >= 0.3 is 0 Å². The van der Waals surface area contributed by atoms with Crippen molar-refractivity contribution in [1.82, 2.24) is 20.8 Å². The highest BCUT2D eigenvalue weighted by Gasteiger charge is 2.46. The maximum absolute atomic E-state index is 6.44. The molecule has 4 atom stereocenters. The van der Waals surface area contributed by atoms with Crippen LogP contribution in [0, 0.1) is 5.92 Å². The Balaban J connectivity index is 1.14. The number of fused-ring (bicyclic) bond motifs is 1. The molecule has 2 saturated carbocycles. The van der Waals surface area contributed by atoms with Crippen molar-refractivity contribution in [3.63, 3.8) is 0 Å². The van der Waals surface area contributed by atoms with Gasteiger partial charge in [0.1, 0.15) is 12.1 Å². The number of hydrogen-bond donors (Lipinski definition) is 2. The molecule has 7 nitrogen and oxygen atoms in total. The molecule has 2 N–H and O–H groups in total. The highest BCUT2D eigenvalue weighted by molar-refractivity contribution is 5.41. The fourth-order valence-corrected chi connectivity index (χ4v) is 6.11. The molecular weight excluding hydrogens is 378 g/mol. The van der Waals surface area contributed by atoms with Gasteiger partial charge in [0, 0.05) is 37.7 Å². The first-order chi connectivity index (χ1) is 14.6. The van der Waals surface area contributed by atoms with Crippen molar-refractivity contribution in [3.8, 4) is 0 Å². The van der Waals surface area contributed by atoms with Gasteiger partial charge in [0.05, 0.1) is 29.0 Å². The Labute approximate surface area is 179 Å². The third kappa shape index (κ3) is 3.64. The Morgan fingerprint density at radius 2 is 1.97 bits per heavy atom. The van der Waals surface area contributed by atoms with Crippen LogP contribution in [0.1, 0.15) is 76.4 Å². The maximum Gasteiger partial charge on any atom is 0.132 e. The zero-order valence-corrected chi connectivity index (χ0v) is 18.1. The molecule has 30 heavy (non-hydrogen) atoms. The van der Waals surface area contributed by atoms with E-state index in [1.54, 1.807) is 6.33 Å². The lowest BCUT2D eigenvalue weighted by molar-refractivity contribution is -0.0500. The van der Waals surface area contributed by atoms with Crippen molar-refractivity contribution in [2.24, 2.45) is 5.92 Å². The minimum atomic E-state index is 0.145. The first-order valence-corrected chi connectivity index (χ1v) is 12.0. The molecule has 2 aliphatic carbocycles. The maximum atomic E-state index is 6.44. The summed E-state index contributed by atoms with van der Waals surface area (Å²) in [5.41, 5.74) is 8.50. The molecule has 1 spiro atoms. The number of aromatic nitrogens is 2. The summed E-state index contributed by atoms with van der Waals surface area (Å²) < 4.78 is 12.5. The SMILES string of the molecule is CC1(OC2CCC3NNC(c4cc(N5CCC6(CCCO6)CC5)ncn4)C3C2)CC1. The number of ether oxygens (including phenoxy) is 2. The lowest BCUT2D eigenvalue weighted by Crippen LogP contribution is -2.44. The molecular formula is C23H35N5O2. The van der Waals surface area contributed by atoms with Crippen LogP contribution in [-0.2, 0) is 9.47 Å². The van der Waals surface area contributed by atoms with Gasteiger partial charge in [0.25, 0.3) is 0 Å². The van der Waals surface area contributed by atoms with Crippen LogP contribution in [-0.4, -0.2) is 53.0 Å². The van der Waals surface area contributed by atoms with Gasteiger partial charge in [0.2, 0.25) is 0 Å². The topological polar surface area (TPSA) is 71.5 Å². The Morgan fingerprint density at radius 3 is 2.73 bits per heavy atom. The molecule has 0 aromatic carbocycles. The number of nitrogens with one attached hydrogen (secondary N) is 2. The number of anilines is 1. The van der Waals surface area contributed by atoms with E-state index in [-0.39, 0.29) is 17.2 Å². The van der Waals surface area contributed by atoms with Gasteiger partial charge in [-0.05, 0) is 64.7 Å². The Bertz CT molecular complexity index is 769. The molecule has 3 aliphatic heterocycles. The number of hydrogen-bond acceptors (Lipinski definition) is 7. The van der Waals surface area contributed by atoms with Crippen LogP contribution in [0.25, 0.3) is 0 Å². The van der Waals surface area contributed by atoms with Crippen molar-refractivity contribution in [1.29, 1.82) is 0 Å². The van der Waals surface area contributed by atoms with Crippen molar-refractivity contribution in [3.05, 3.63) is 18.1 Å². The molecule has 0 bridgehead atoms. The van der Waals surface area contributed by atoms with E-state index in [1.807, 2.05) is 0 Å². The average molecular weight is 414 g/mol. The number of piperidine rings is 1. The number of hydrazine groups is 1. The van der Waals surface area contributed by atoms with Gasteiger partial charge < -0.3 is 14.4 Å². The van der Waals surface area contributed by atoms with Crippen LogP contribution in [0.5, 0.6) is 0 Å². The molecule has 164 valence electrons. The highest BCUT2D eigenvalue weighted by Crippen LogP contribution is 2.45. The van der Waals surface area contributed by atoms with Crippen LogP contribution in [0.4, 0.5) is 5.82 Å². The summed E-state index contributed by atoms with van der Waals surface area (Å²) in [6, 6.07) is 2.95. The highest BCUT2D eigenvalue weighted by atomic mass is 16.5. The second-order valence-electron chi connectivity index (χ2n) is 10.5. The summed E-state index contributed by atoms with van der Waals surface area (Å²) in [4.78, 5) is 11.7. The molecule has 0 radical (unpaired) electrons. The van der Waals surface area contributed by atoms with Crippen molar-refractivity contribution in [2.45, 2.75) is 94.1 Å². The summed E-state index contributed by atoms with van der Waals surface area (Å²) in [6.45, 7) is 5.24. The molecule has 4 unspecified atom stereocenters. The van der Waals surface area contributed by atoms with E-state index < -0.39 is 0 Å². The van der Waals surface area contributed by atoms with Gasteiger partial charge in [-0.15, -0.1) is 0 Å². The van der Waals surface area contributed by atoms with E-state index in [0.717, 1.165) is 56.9 Å². The van der Waals surface area contributed by atoms with E-state index in [9.17, 15) is 0 Å². The normalized spacial score (nSPS) is 36.8. The molecule has 3 saturated heterocycles. The molecule has 6 rings (SSSR count). The number of rotatable bonds is 4. The molecule has 1 aromatic rings. The summed E-state index contributed by atoms with van der Waals surface area (Å²) in [7, 11) is 0. The first-order valence-electron chi connectivity index (χ1n) is 12.0. The Kier molecular flexibility index (Phi) is 4.79. The summed E-state index contributed by atoms with van der Waals surface area (Å²) in [5, 5.41) is 0. The molecule has 5 aliphatic rings. The fraction of sp³-hybridized carbons (Fsp3) is 0.826.